The first-order valence-electron chi connectivity index (χ1n) is 6.07. The fourth-order valence-electron chi connectivity index (χ4n) is 1.83. The third kappa shape index (κ3) is 3.10. The maximum atomic E-state index is 9.09. The van der Waals surface area contributed by atoms with Gasteiger partial charge in [0.25, 0.3) is 0 Å². The molecule has 1 aromatic heterocycles. The first-order valence-corrected chi connectivity index (χ1v) is 6.85. The largest absolute Gasteiger partial charge is 0.382 e. The van der Waals surface area contributed by atoms with Crippen molar-refractivity contribution in [1.29, 1.82) is 5.26 Å². The maximum Gasteiger partial charge on any atom is 0.157 e. The van der Waals surface area contributed by atoms with Gasteiger partial charge in [-0.3, -0.25) is 0 Å². The molecule has 0 atom stereocenters. The molecule has 0 bridgehead atoms. The summed E-state index contributed by atoms with van der Waals surface area (Å²) in [5.74, 6) is 1.01. The lowest BCUT2D eigenvalue weighted by Crippen LogP contribution is -2.28. The van der Waals surface area contributed by atoms with E-state index in [1.165, 1.54) is 11.5 Å². The van der Waals surface area contributed by atoms with Crippen molar-refractivity contribution in [2.45, 2.75) is 33.6 Å². The predicted molar refractivity (Wildman–Crippen MR) is 73.2 cm³/mol. The zero-order valence-electron chi connectivity index (χ0n) is 10.7. The summed E-state index contributed by atoms with van der Waals surface area (Å²) >= 11 is 1.32. The molecule has 5 heteroatoms. The Bertz CT molecular complexity index is 390. The highest BCUT2D eigenvalue weighted by Gasteiger charge is 2.18. The number of hydrogen-bond acceptors (Lipinski definition) is 5. The van der Waals surface area contributed by atoms with Crippen LogP contribution in [0, 0.1) is 17.2 Å². The summed E-state index contributed by atoms with van der Waals surface area (Å²) in [7, 11) is 0. The van der Waals surface area contributed by atoms with Gasteiger partial charge in [-0.25, -0.2) is 0 Å². The molecule has 0 amide bonds. The van der Waals surface area contributed by atoms with Crippen LogP contribution in [0.5, 0.6) is 0 Å². The Morgan fingerprint density at radius 1 is 1.41 bits per heavy atom. The highest BCUT2D eigenvalue weighted by atomic mass is 32.1. The summed E-state index contributed by atoms with van der Waals surface area (Å²) in [6, 6.07) is 2.15. The van der Waals surface area contributed by atoms with E-state index in [-0.39, 0.29) is 0 Å². The van der Waals surface area contributed by atoms with Crippen molar-refractivity contribution in [2.24, 2.45) is 5.92 Å². The fourth-order valence-corrected chi connectivity index (χ4v) is 2.67. The number of nitrogens with two attached hydrogens (primary N) is 1. The minimum Gasteiger partial charge on any atom is -0.382 e. The van der Waals surface area contributed by atoms with E-state index in [0.29, 0.717) is 17.3 Å². The molecular formula is C12H20N4S. The number of nitrogen functional groups attached to an aromatic ring is 1. The van der Waals surface area contributed by atoms with E-state index in [1.807, 2.05) is 0 Å². The molecule has 0 aromatic carbocycles. The fraction of sp³-hybridized carbons (Fsp3) is 0.667. The Hall–Kier alpha value is -1.28. The van der Waals surface area contributed by atoms with E-state index in [2.05, 4.69) is 36.1 Å². The zero-order chi connectivity index (χ0) is 12.8. The summed E-state index contributed by atoms with van der Waals surface area (Å²) in [5.41, 5.74) is 6.22. The minimum atomic E-state index is 0.357. The van der Waals surface area contributed by atoms with Crippen molar-refractivity contribution >= 4 is 22.4 Å². The monoisotopic (exact) mass is 252 g/mol. The first kappa shape index (κ1) is 13.8. The summed E-state index contributed by atoms with van der Waals surface area (Å²) in [6.07, 6.45) is 2.31. The van der Waals surface area contributed by atoms with Crippen LogP contribution < -0.4 is 10.6 Å². The van der Waals surface area contributed by atoms with Crippen LogP contribution in [0.4, 0.5) is 10.8 Å². The number of hydrogen-bond donors (Lipinski definition) is 1. The number of nitriles is 1. The Kier molecular flexibility index (Phi) is 5.23. The van der Waals surface area contributed by atoms with E-state index >= 15 is 0 Å². The smallest absolute Gasteiger partial charge is 0.157 e. The van der Waals surface area contributed by atoms with Gasteiger partial charge in [-0.05, 0) is 24.4 Å². The van der Waals surface area contributed by atoms with Gasteiger partial charge in [0.2, 0.25) is 0 Å². The zero-order valence-corrected chi connectivity index (χ0v) is 11.5. The topological polar surface area (TPSA) is 65.9 Å². The molecule has 94 valence electrons. The van der Waals surface area contributed by atoms with Crippen LogP contribution in [0.1, 0.15) is 39.2 Å². The molecular weight excluding hydrogens is 232 g/mol. The molecule has 0 radical (unpaired) electrons. The average molecular weight is 252 g/mol. The van der Waals surface area contributed by atoms with Crippen LogP contribution in [0.15, 0.2) is 0 Å². The third-order valence-electron chi connectivity index (χ3n) is 3.11. The van der Waals surface area contributed by atoms with Gasteiger partial charge in [-0.15, -0.1) is 0 Å². The normalized spacial score (nSPS) is 10.5. The molecule has 0 unspecified atom stereocenters. The predicted octanol–water partition coefficient (Wildman–Crippen LogP) is 2.86. The Balaban J connectivity index is 2.90. The molecule has 0 fully saturated rings. The lowest BCUT2D eigenvalue weighted by atomic mass is 10.0. The number of aromatic nitrogens is 1. The van der Waals surface area contributed by atoms with Gasteiger partial charge in [-0.2, -0.15) is 9.64 Å². The number of anilines is 2. The second kappa shape index (κ2) is 6.45. The van der Waals surface area contributed by atoms with Crippen LogP contribution in [-0.2, 0) is 0 Å². The van der Waals surface area contributed by atoms with Crippen molar-refractivity contribution in [1.82, 2.24) is 4.37 Å². The van der Waals surface area contributed by atoms with Gasteiger partial charge in [0.15, 0.2) is 5.82 Å². The molecule has 0 aliphatic heterocycles. The summed E-state index contributed by atoms with van der Waals surface area (Å²) in [6.45, 7) is 8.36. The molecule has 17 heavy (non-hydrogen) atoms. The van der Waals surface area contributed by atoms with Crippen molar-refractivity contribution in [2.75, 3.05) is 23.7 Å². The Labute approximate surface area is 107 Å². The number of rotatable bonds is 6. The SMILES string of the molecule is CCC(CC)CN(CC)c1snc(N)c1C#N. The van der Waals surface area contributed by atoms with Crippen LogP contribution in [-0.4, -0.2) is 17.5 Å². The van der Waals surface area contributed by atoms with Crippen molar-refractivity contribution in [3.63, 3.8) is 0 Å². The van der Waals surface area contributed by atoms with Gasteiger partial charge in [-0.1, -0.05) is 26.7 Å². The molecule has 1 heterocycles. The van der Waals surface area contributed by atoms with E-state index in [9.17, 15) is 0 Å². The summed E-state index contributed by atoms with van der Waals surface area (Å²) in [5, 5.41) is 10.0. The van der Waals surface area contributed by atoms with Crippen LogP contribution in [0.25, 0.3) is 0 Å². The average Bonchev–Trinajstić information content (AvgIpc) is 2.72. The molecule has 2 N–H and O–H groups in total. The van der Waals surface area contributed by atoms with Crippen molar-refractivity contribution < 1.29 is 0 Å². The summed E-state index contributed by atoms with van der Waals surface area (Å²) in [4.78, 5) is 2.21. The second-order valence-corrected chi connectivity index (χ2v) is 4.83. The lowest BCUT2D eigenvalue weighted by molar-refractivity contribution is 0.487. The number of nitrogens with zero attached hydrogens (tertiary/aromatic N) is 3. The Morgan fingerprint density at radius 2 is 2.06 bits per heavy atom. The van der Waals surface area contributed by atoms with Crippen LogP contribution >= 0.6 is 11.5 Å². The van der Waals surface area contributed by atoms with Gasteiger partial charge >= 0.3 is 0 Å². The van der Waals surface area contributed by atoms with E-state index in [4.69, 9.17) is 11.0 Å². The lowest BCUT2D eigenvalue weighted by Gasteiger charge is -2.25. The van der Waals surface area contributed by atoms with E-state index in [0.717, 1.165) is 30.9 Å². The molecule has 0 saturated carbocycles. The molecule has 0 aliphatic carbocycles. The highest BCUT2D eigenvalue weighted by molar-refractivity contribution is 7.10. The molecule has 0 saturated heterocycles. The second-order valence-electron chi connectivity index (χ2n) is 4.08. The van der Waals surface area contributed by atoms with Gasteiger partial charge in [0, 0.05) is 13.1 Å². The molecule has 1 rings (SSSR count). The molecule has 0 spiro atoms. The minimum absolute atomic E-state index is 0.357. The standard InChI is InChI=1S/C12H20N4S/c1-4-9(5-2)8-16(6-3)12-10(7-13)11(14)15-17-12/h9H,4-6,8H2,1-3H3,(H2,14,15). The van der Waals surface area contributed by atoms with Gasteiger partial charge < -0.3 is 10.6 Å². The van der Waals surface area contributed by atoms with Gasteiger partial charge in [0.1, 0.15) is 16.6 Å². The molecule has 0 aliphatic rings. The van der Waals surface area contributed by atoms with Gasteiger partial charge in [0.05, 0.1) is 0 Å². The van der Waals surface area contributed by atoms with E-state index < -0.39 is 0 Å². The maximum absolute atomic E-state index is 9.09. The van der Waals surface area contributed by atoms with Crippen molar-refractivity contribution in [3.05, 3.63) is 5.56 Å². The van der Waals surface area contributed by atoms with Crippen molar-refractivity contribution in [3.8, 4) is 6.07 Å². The van der Waals surface area contributed by atoms with Crippen LogP contribution in [0.3, 0.4) is 0 Å². The van der Waals surface area contributed by atoms with Crippen LogP contribution in [0.2, 0.25) is 0 Å². The third-order valence-corrected chi connectivity index (χ3v) is 4.04. The Morgan fingerprint density at radius 3 is 2.53 bits per heavy atom. The molecule has 4 nitrogen and oxygen atoms in total. The van der Waals surface area contributed by atoms with E-state index in [1.54, 1.807) is 0 Å². The first-order chi connectivity index (χ1) is 8.17. The highest BCUT2D eigenvalue weighted by Crippen LogP contribution is 2.30. The quantitative estimate of drug-likeness (QED) is 0.845. The summed E-state index contributed by atoms with van der Waals surface area (Å²) < 4.78 is 4.07. The molecule has 1 aromatic rings.